The van der Waals surface area contributed by atoms with E-state index < -0.39 is 26.7 Å². The maximum atomic E-state index is 12.9. The van der Waals surface area contributed by atoms with Crippen molar-refractivity contribution < 1.29 is 21.6 Å². The van der Waals surface area contributed by atoms with Crippen molar-refractivity contribution in [1.82, 2.24) is 14.5 Å². The Morgan fingerprint density at radius 2 is 1.77 bits per heavy atom. The molecule has 0 bridgehead atoms. The van der Waals surface area contributed by atoms with E-state index in [2.05, 4.69) is 10.2 Å². The molecule has 11 heteroatoms. The quantitative estimate of drug-likeness (QED) is 0.795. The highest BCUT2D eigenvalue weighted by atomic mass is 35.5. The van der Waals surface area contributed by atoms with E-state index in [4.69, 9.17) is 11.6 Å². The summed E-state index contributed by atoms with van der Waals surface area (Å²) in [5.41, 5.74) is -1.06. The van der Waals surface area contributed by atoms with Crippen LogP contribution in [0.3, 0.4) is 0 Å². The zero-order valence-electron chi connectivity index (χ0n) is 13.8. The fraction of sp³-hybridized carbons (Fsp3) is 0.600. The molecule has 1 N–H and O–H groups in total. The van der Waals surface area contributed by atoms with E-state index in [1.807, 2.05) is 0 Å². The van der Waals surface area contributed by atoms with Gasteiger partial charge in [-0.25, -0.2) is 8.42 Å². The van der Waals surface area contributed by atoms with Gasteiger partial charge < -0.3 is 5.32 Å². The van der Waals surface area contributed by atoms with Crippen molar-refractivity contribution in [2.24, 2.45) is 0 Å². The van der Waals surface area contributed by atoms with E-state index in [0.29, 0.717) is 19.0 Å². The van der Waals surface area contributed by atoms with Crippen molar-refractivity contribution in [1.29, 1.82) is 0 Å². The minimum absolute atomic E-state index is 0. The van der Waals surface area contributed by atoms with Crippen LogP contribution in [0.25, 0.3) is 0 Å². The van der Waals surface area contributed by atoms with Crippen LogP contribution in [0.4, 0.5) is 13.2 Å². The Morgan fingerprint density at radius 1 is 1.12 bits per heavy atom. The molecule has 2 aliphatic heterocycles. The smallest absolute Gasteiger partial charge is 0.314 e. The molecule has 0 saturated carbocycles. The lowest BCUT2D eigenvalue weighted by atomic mass is 10.2. The van der Waals surface area contributed by atoms with Gasteiger partial charge in [-0.15, -0.1) is 12.4 Å². The average Bonchev–Trinajstić information content (AvgIpc) is 3.05. The molecule has 0 amide bonds. The second-order valence-electron chi connectivity index (χ2n) is 6.26. The maximum absolute atomic E-state index is 12.9. The number of sulfonamides is 1. The molecular formula is C15H20Cl2F3N3O2S. The third-order valence-electron chi connectivity index (χ3n) is 4.63. The van der Waals surface area contributed by atoms with Gasteiger partial charge in [0.25, 0.3) is 0 Å². The summed E-state index contributed by atoms with van der Waals surface area (Å²) < 4.78 is 65.6. The lowest BCUT2D eigenvalue weighted by Crippen LogP contribution is -2.49. The Balaban J connectivity index is 0.00000243. The van der Waals surface area contributed by atoms with Crippen LogP contribution in [-0.2, 0) is 16.2 Å². The van der Waals surface area contributed by atoms with Gasteiger partial charge in [-0.1, -0.05) is 11.6 Å². The molecule has 1 atom stereocenters. The number of nitrogens with one attached hydrogen (secondary N) is 1. The SMILES string of the molecule is Cl.O=S(=O)(c1cc(Cl)cc(C(F)(F)F)c1)N1CCC(N2CCNCC2)C1. The van der Waals surface area contributed by atoms with Crippen LogP contribution in [-0.4, -0.2) is 62.9 Å². The van der Waals surface area contributed by atoms with E-state index in [0.717, 1.165) is 38.3 Å². The van der Waals surface area contributed by atoms with Gasteiger partial charge in [-0.3, -0.25) is 4.90 Å². The maximum Gasteiger partial charge on any atom is 0.416 e. The summed E-state index contributed by atoms with van der Waals surface area (Å²) in [4.78, 5) is 1.82. The van der Waals surface area contributed by atoms with Crippen LogP contribution < -0.4 is 5.32 Å². The van der Waals surface area contributed by atoms with Crippen LogP contribution in [0.1, 0.15) is 12.0 Å². The lowest BCUT2D eigenvalue weighted by molar-refractivity contribution is -0.137. The Bertz CT molecular complexity index is 740. The highest BCUT2D eigenvalue weighted by Gasteiger charge is 2.37. The minimum atomic E-state index is -4.65. The minimum Gasteiger partial charge on any atom is -0.314 e. The molecule has 1 aromatic rings. The van der Waals surface area contributed by atoms with Crippen molar-refractivity contribution >= 4 is 34.0 Å². The van der Waals surface area contributed by atoms with Gasteiger partial charge in [-0.05, 0) is 24.6 Å². The largest absolute Gasteiger partial charge is 0.416 e. The van der Waals surface area contributed by atoms with Crippen molar-refractivity contribution in [3.8, 4) is 0 Å². The summed E-state index contributed by atoms with van der Waals surface area (Å²) in [6.45, 7) is 3.97. The summed E-state index contributed by atoms with van der Waals surface area (Å²) in [5, 5.41) is 2.99. The lowest BCUT2D eigenvalue weighted by Gasteiger charge is -2.32. The third kappa shape index (κ3) is 4.63. The third-order valence-corrected chi connectivity index (χ3v) is 6.69. The number of hydrogen-bond donors (Lipinski definition) is 1. The second-order valence-corrected chi connectivity index (χ2v) is 8.64. The number of hydrogen-bond acceptors (Lipinski definition) is 4. The molecule has 0 aromatic heterocycles. The second kappa shape index (κ2) is 8.20. The number of benzene rings is 1. The molecule has 0 aliphatic carbocycles. The molecule has 148 valence electrons. The summed E-state index contributed by atoms with van der Waals surface area (Å²) in [6.07, 6.45) is -3.98. The fourth-order valence-corrected chi connectivity index (χ4v) is 5.16. The molecule has 2 heterocycles. The number of piperazine rings is 1. The van der Waals surface area contributed by atoms with Crippen molar-refractivity contribution in [2.75, 3.05) is 39.3 Å². The van der Waals surface area contributed by atoms with E-state index in [1.54, 1.807) is 0 Å². The molecule has 26 heavy (non-hydrogen) atoms. The normalized spacial score (nSPS) is 23.0. The molecule has 0 spiro atoms. The van der Waals surface area contributed by atoms with Crippen LogP contribution in [0.15, 0.2) is 23.1 Å². The monoisotopic (exact) mass is 433 g/mol. The summed E-state index contributed by atoms with van der Waals surface area (Å²) in [5.74, 6) is 0. The highest BCUT2D eigenvalue weighted by molar-refractivity contribution is 7.89. The molecule has 2 aliphatic rings. The van der Waals surface area contributed by atoms with Crippen LogP contribution in [0.5, 0.6) is 0 Å². The summed E-state index contributed by atoms with van der Waals surface area (Å²) >= 11 is 5.72. The highest BCUT2D eigenvalue weighted by Crippen LogP contribution is 2.34. The molecule has 1 aromatic carbocycles. The molecule has 2 saturated heterocycles. The Morgan fingerprint density at radius 3 is 2.38 bits per heavy atom. The Kier molecular flexibility index (Phi) is 6.85. The Hall–Kier alpha value is -0.580. The Labute approximate surface area is 161 Å². The van der Waals surface area contributed by atoms with Gasteiger partial charge in [0.2, 0.25) is 10.0 Å². The van der Waals surface area contributed by atoms with E-state index in [1.165, 1.54) is 4.31 Å². The predicted molar refractivity (Wildman–Crippen MR) is 95.3 cm³/mol. The van der Waals surface area contributed by atoms with E-state index in [-0.39, 0.29) is 30.0 Å². The van der Waals surface area contributed by atoms with E-state index in [9.17, 15) is 21.6 Å². The standard InChI is InChI=1S/C15H19ClF3N3O2S.ClH/c16-12-7-11(15(17,18)19)8-14(9-12)25(23,24)22-4-1-13(10-22)21-5-2-20-3-6-21;/h7-9,13,20H,1-6,10H2;1H. The molecule has 2 fully saturated rings. The van der Waals surface area contributed by atoms with Crippen LogP contribution in [0, 0.1) is 0 Å². The van der Waals surface area contributed by atoms with Crippen molar-refractivity contribution in [3.05, 3.63) is 28.8 Å². The first kappa shape index (κ1) is 21.7. The van der Waals surface area contributed by atoms with Gasteiger partial charge in [0.1, 0.15) is 0 Å². The van der Waals surface area contributed by atoms with Gasteiger partial charge >= 0.3 is 6.18 Å². The van der Waals surface area contributed by atoms with E-state index >= 15 is 0 Å². The first-order chi connectivity index (χ1) is 11.7. The zero-order valence-corrected chi connectivity index (χ0v) is 16.2. The summed E-state index contributed by atoms with van der Waals surface area (Å²) in [6, 6.07) is 2.55. The van der Waals surface area contributed by atoms with Gasteiger partial charge in [0.05, 0.1) is 10.5 Å². The number of rotatable bonds is 3. The molecule has 1 unspecified atom stereocenters. The number of nitrogens with zero attached hydrogens (tertiary/aromatic N) is 2. The zero-order chi connectivity index (χ0) is 18.2. The number of halogens is 5. The number of alkyl halides is 3. The van der Waals surface area contributed by atoms with Gasteiger partial charge in [-0.2, -0.15) is 17.5 Å². The average molecular weight is 434 g/mol. The predicted octanol–water partition coefficient (Wildman–Crippen LogP) is 2.45. The fourth-order valence-electron chi connectivity index (χ4n) is 3.30. The summed E-state index contributed by atoms with van der Waals surface area (Å²) in [7, 11) is -4.01. The first-order valence-corrected chi connectivity index (χ1v) is 9.82. The van der Waals surface area contributed by atoms with Crippen molar-refractivity contribution in [3.63, 3.8) is 0 Å². The van der Waals surface area contributed by atoms with Crippen LogP contribution in [0.2, 0.25) is 5.02 Å². The van der Waals surface area contributed by atoms with Crippen LogP contribution >= 0.6 is 24.0 Å². The van der Waals surface area contributed by atoms with Gasteiger partial charge in [0.15, 0.2) is 0 Å². The molecule has 3 rings (SSSR count). The molecular weight excluding hydrogens is 414 g/mol. The first-order valence-electron chi connectivity index (χ1n) is 8.00. The molecule has 5 nitrogen and oxygen atoms in total. The van der Waals surface area contributed by atoms with Gasteiger partial charge in [0, 0.05) is 50.3 Å². The topological polar surface area (TPSA) is 52.7 Å². The molecule has 0 radical (unpaired) electrons. The van der Waals surface area contributed by atoms with Crippen molar-refractivity contribution in [2.45, 2.75) is 23.5 Å².